The number of alkyl halides is 1. The van der Waals surface area contributed by atoms with Gasteiger partial charge in [0.15, 0.2) is 11.6 Å². The Balaban J connectivity index is 1.35. The number of hydrogen-bond acceptors (Lipinski definition) is 9. The molecule has 0 radical (unpaired) electrons. The number of amides is 4. The van der Waals surface area contributed by atoms with Gasteiger partial charge in [-0.25, -0.2) is 27.0 Å². The maximum absolute atomic E-state index is 14.8. The first kappa shape index (κ1) is 38.2. The average molecular weight is 762 g/mol. The minimum atomic E-state index is -4.41. The van der Waals surface area contributed by atoms with Crippen LogP contribution in [-0.4, -0.2) is 96.0 Å². The number of sulfonamides is 1. The van der Waals surface area contributed by atoms with Gasteiger partial charge in [-0.15, -0.1) is 0 Å². The van der Waals surface area contributed by atoms with Crippen LogP contribution in [0.25, 0.3) is 10.8 Å². The third-order valence-corrected chi connectivity index (χ3v) is 13.3. The first-order valence-electron chi connectivity index (χ1n) is 17.9. The molecular formula is C36H45F2N5O9S. The van der Waals surface area contributed by atoms with E-state index in [1.165, 1.54) is 30.3 Å². The van der Waals surface area contributed by atoms with E-state index in [1.807, 2.05) is 24.6 Å². The van der Waals surface area contributed by atoms with Crippen LogP contribution in [-0.2, 0) is 24.4 Å². The predicted octanol–water partition coefficient (Wildman–Crippen LogP) is 3.59. The van der Waals surface area contributed by atoms with Crippen LogP contribution in [0.5, 0.6) is 11.6 Å². The van der Waals surface area contributed by atoms with Crippen LogP contribution in [0.3, 0.4) is 0 Å². The molecule has 0 bridgehead atoms. The Morgan fingerprint density at radius 3 is 2.62 bits per heavy atom. The van der Waals surface area contributed by atoms with Gasteiger partial charge < -0.3 is 30.1 Å². The molecule has 0 spiro atoms. The van der Waals surface area contributed by atoms with Crippen molar-refractivity contribution in [1.82, 2.24) is 25.2 Å². The SMILES string of the molecule is CC[C@@H]1C[C@H](C)CC/C=C\[C@@H]2C[C@@]2(C(=O)NS(=O)(=O)C2(CF)CC2)NC(=O)[C@@H]2C[C@@H](Oc3nccc4cc(OC)c(F)cc34)CN2C(=O)[C@H]1NC(=O)O. The number of hydrogen-bond donors (Lipinski definition) is 4. The van der Waals surface area contributed by atoms with Crippen molar-refractivity contribution in [2.24, 2.45) is 17.8 Å². The molecule has 17 heteroatoms. The van der Waals surface area contributed by atoms with Crippen molar-refractivity contribution in [3.05, 3.63) is 42.4 Å². The summed E-state index contributed by atoms with van der Waals surface area (Å²) in [7, 11) is -3.08. The number of allylic oxidation sites excluding steroid dienone is 1. The van der Waals surface area contributed by atoms with E-state index in [4.69, 9.17) is 9.47 Å². The molecule has 1 saturated heterocycles. The van der Waals surface area contributed by atoms with Crippen LogP contribution in [0.2, 0.25) is 0 Å². The lowest BCUT2D eigenvalue weighted by Crippen LogP contribution is -2.59. The van der Waals surface area contributed by atoms with E-state index in [9.17, 15) is 41.5 Å². The largest absolute Gasteiger partial charge is 0.494 e. The fourth-order valence-corrected chi connectivity index (χ4v) is 9.08. The number of fused-ring (bicyclic) bond motifs is 3. The molecule has 53 heavy (non-hydrogen) atoms. The van der Waals surface area contributed by atoms with Crippen LogP contribution in [0.4, 0.5) is 13.6 Å². The zero-order valence-corrected chi connectivity index (χ0v) is 30.6. The number of carbonyl (C=O) groups excluding carboxylic acids is 3. The summed E-state index contributed by atoms with van der Waals surface area (Å²) in [5.74, 6) is -4.03. The van der Waals surface area contributed by atoms with E-state index in [1.54, 1.807) is 12.1 Å². The molecular weight excluding hydrogens is 716 g/mol. The van der Waals surface area contributed by atoms with Crippen molar-refractivity contribution in [2.45, 2.75) is 93.7 Å². The van der Waals surface area contributed by atoms with E-state index in [0.29, 0.717) is 36.5 Å². The molecule has 2 aliphatic carbocycles. The smallest absolute Gasteiger partial charge is 0.405 e. The third kappa shape index (κ3) is 7.49. The normalized spacial score (nSPS) is 30.5. The van der Waals surface area contributed by atoms with Crippen LogP contribution in [0, 0.1) is 23.6 Å². The minimum absolute atomic E-state index is 0.0106. The molecule has 4 N–H and O–H groups in total. The van der Waals surface area contributed by atoms with Crippen LogP contribution >= 0.6 is 0 Å². The highest BCUT2D eigenvalue weighted by atomic mass is 32.2. The Hall–Kier alpha value is -4.54. The third-order valence-electron chi connectivity index (χ3n) is 11.2. The Morgan fingerprint density at radius 1 is 1.21 bits per heavy atom. The second-order valence-corrected chi connectivity index (χ2v) is 16.8. The van der Waals surface area contributed by atoms with Gasteiger partial charge in [-0.1, -0.05) is 32.4 Å². The fourth-order valence-electron chi connectivity index (χ4n) is 7.66. The molecule has 1 aromatic heterocycles. The van der Waals surface area contributed by atoms with Crippen molar-refractivity contribution in [3.63, 3.8) is 0 Å². The molecule has 2 aliphatic heterocycles. The number of rotatable bonds is 9. The van der Waals surface area contributed by atoms with E-state index in [2.05, 4.69) is 15.6 Å². The Labute approximate surface area is 306 Å². The number of pyridine rings is 1. The standard InChI is InChI=1S/C36H45F2N5O9S/c1-4-21-13-20(2)7-5-6-8-23-17-36(23,33(46)42-53(49,50)35(19-37)10-11-35)41-30(44)27-15-24(18-43(27)32(45)29(21)40-34(47)48)52-31-25-16-26(38)28(51-3)14-22(25)9-12-39-31/h6,8-9,12,14,16,20-21,23-24,27,29,40H,4-5,7,10-11,13,15,17-19H2,1-3H3,(H,41,44)(H,42,46)(H,47,48)/b8-6-/t20-,21-,23-,24-,27+,29+,36-/m1/s1. The van der Waals surface area contributed by atoms with E-state index >= 15 is 0 Å². The minimum Gasteiger partial charge on any atom is -0.494 e. The molecule has 2 aromatic rings. The average Bonchev–Trinajstić information content (AvgIpc) is 4.02. The van der Waals surface area contributed by atoms with E-state index in [-0.39, 0.29) is 49.8 Å². The van der Waals surface area contributed by atoms with Gasteiger partial charge in [0.1, 0.15) is 35.1 Å². The highest BCUT2D eigenvalue weighted by molar-refractivity contribution is 7.91. The number of carboxylic acid groups (broad SMARTS) is 1. The Morgan fingerprint density at radius 2 is 1.96 bits per heavy atom. The maximum Gasteiger partial charge on any atom is 0.405 e. The van der Waals surface area contributed by atoms with Crippen LogP contribution in [0.1, 0.15) is 65.2 Å². The second-order valence-electron chi connectivity index (χ2n) is 14.8. The molecule has 4 amide bonds. The molecule has 1 aromatic carbocycles. The van der Waals surface area contributed by atoms with Crippen molar-refractivity contribution in [3.8, 4) is 11.6 Å². The van der Waals surface area contributed by atoms with E-state index < -0.39 is 86.6 Å². The molecule has 3 heterocycles. The number of nitrogens with zero attached hydrogens (tertiary/aromatic N) is 2. The monoisotopic (exact) mass is 761 g/mol. The van der Waals surface area contributed by atoms with Gasteiger partial charge in [-0.05, 0) is 73.9 Å². The summed E-state index contributed by atoms with van der Waals surface area (Å²) < 4.78 is 66.4. The summed E-state index contributed by atoms with van der Waals surface area (Å²) in [4.78, 5) is 60.1. The van der Waals surface area contributed by atoms with Crippen molar-refractivity contribution < 1.29 is 51.0 Å². The summed E-state index contributed by atoms with van der Waals surface area (Å²) >= 11 is 0. The lowest BCUT2D eigenvalue weighted by molar-refractivity contribution is -0.142. The van der Waals surface area contributed by atoms with Gasteiger partial charge in [0, 0.05) is 23.9 Å². The number of benzene rings is 1. The van der Waals surface area contributed by atoms with Crippen molar-refractivity contribution >= 4 is 44.6 Å². The summed E-state index contributed by atoms with van der Waals surface area (Å²) in [5.41, 5.74) is -1.70. The number of aromatic nitrogens is 1. The molecule has 3 fully saturated rings. The van der Waals surface area contributed by atoms with Crippen molar-refractivity contribution in [1.29, 1.82) is 0 Å². The molecule has 14 nitrogen and oxygen atoms in total. The molecule has 4 aliphatic rings. The lowest BCUT2D eigenvalue weighted by atomic mass is 9.85. The predicted molar refractivity (Wildman–Crippen MR) is 188 cm³/mol. The summed E-state index contributed by atoms with van der Waals surface area (Å²) in [6.45, 7) is 2.51. The second kappa shape index (κ2) is 14.7. The number of methoxy groups -OCH3 is 1. The first-order valence-corrected chi connectivity index (χ1v) is 19.4. The number of nitrogens with one attached hydrogen (secondary N) is 3. The van der Waals surface area contributed by atoms with Gasteiger partial charge in [-0.2, -0.15) is 0 Å². The topological polar surface area (TPSA) is 193 Å². The van der Waals surface area contributed by atoms with Gasteiger partial charge in [0.2, 0.25) is 27.7 Å². The fraction of sp³-hybridized carbons (Fsp3) is 0.583. The zero-order chi connectivity index (χ0) is 38.3. The Bertz CT molecular complexity index is 1930. The van der Waals surface area contributed by atoms with Gasteiger partial charge in [0.25, 0.3) is 5.91 Å². The maximum atomic E-state index is 14.8. The summed E-state index contributed by atoms with van der Waals surface area (Å²) in [5, 5.41) is 15.8. The van der Waals surface area contributed by atoms with Gasteiger partial charge >= 0.3 is 6.09 Å². The highest BCUT2D eigenvalue weighted by Crippen LogP contribution is 2.48. The zero-order valence-electron chi connectivity index (χ0n) is 29.8. The molecule has 0 unspecified atom stereocenters. The Kier molecular flexibility index (Phi) is 10.6. The lowest BCUT2D eigenvalue weighted by Gasteiger charge is -2.33. The molecule has 7 atom stereocenters. The number of halogens is 2. The summed E-state index contributed by atoms with van der Waals surface area (Å²) in [6.07, 6.45) is 5.05. The van der Waals surface area contributed by atoms with E-state index in [0.717, 1.165) is 0 Å². The molecule has 6 rings (SSSR count). The van der Waals surface area contributed by atoms with Crippen LogP contribution < -0.4 is 24.8 Å². The van der Waals surface area contributed by atoms with Crippen molar-refractivity contribution in [2.75, 3.05) is 20.3 Å². The highest BCUT2D eigenvalue weighted by Gasteiger charge is 2.64. The summed E-state index contributed by atoms with van der Waals surface area (Å²) in [6, 6.07) is 1.81. The quantitative estimate of drug-likeness (QED) is 0.275. The van der Waals surface area contributed by atoms with Gasteiger partial charge in [0.05, 0.1) is 13.7 Å². The molecule has 2 saturated carbocycles. The first-order chi connectivity index (χ1) is 25.2. The number of carbonyl (C=O) groups is 4. The number of ether oxygens (including phenoxy) is 2. The van der Waals surface area contributed by atoms with Crippen LogP contribution in [0.15, 0.2) is 36.5 Å². The van der Waals surface area contributed by atoms with Gasteiger partial charge in [-0.3, -0.25) is 19.1 Å². The molecule has 288 valence electrons.